The van der Waals surface area contributed by atoms with Crippen LogP contribution in [0.3, 0.4) is 0 Å². The number of halogens is 9. The van der Waals surface area contributed by atoms with Crippen LogP contribution in [0.4, 0.5) is 39.5 Å². The van der Waals surface area contributed by atoms with E-state index < -0.39 is 43.7 Å². The largest absolute Gasteiger partial charge is 0.460 e. The van der Waals surface area contributed by atoms with Crippen molar-refractivity contribution >= 4 is 53.7 Å². The summed E-state index contributed by atoms with van der Waals surface area (Å²) in [6.45, 7) is 0. The van der Waals surface area contributed by atoms with E-state index in [0.29, 0.717) is 10.6 Å². The summed E-state index contributed by atoms with van der Waals surface area (Å²) in [7, 11) is -11.4. The van der Waals surface area contributed by atoms with E-state index in [1.165, 1.54) is 96.7 Å². The van der Waals surface area contributed by atoms with Crippen LogP contribution in [0, 0.1) is 0 Å². The maximum atomic E-state index is 15.2. The van der Waals surface area contributed by atoms with Crippen molar-refractivity contribution in [1.82, 2.24) is 0 Å². The van der Waals surface area contributed by atoms with Gasteiger partial charge in [0.1, 0.15) is 0 Å². The Balaban J connectivity index is 1.45. The van der Waals surface area contributed by atoms with E-state index in [1.54, 1.807) is 0 Å². The van der Waals surface area contributed by atoms with Crippen LogP contribution in [0.15, 0.2) is 159 Å². The number of benzene rings is 6. The number of thioether (sulfide) groups is 1. The van der Waals surface area contributed by atoms with Crippen LogP contribution in [-0.4, -0.2) is 31.7 Å². The molecule has 0 N–H and O–H groups in total. The lowest BCUT2D eigenvalue weighted by Crippen LogP contribution is -2.63. The van der Waals surface area contributed by atoms with E-state index in [9.17, 15) is 39.2 Å². The fourth-order valence-electron chi connectivity index (χ4n) is 5.59. The van der Waals surface area contributed by atoms with E-state index >= 15 is 8.78 Å². The topological polar surface area (TPSA) is 43.4 Å². The SMILES string of the molecule is O=S(=O)(OS(c1ccccc1)(c1ccccc1)c1ccc(SCc2c3ccccc3cc3ccccc23)cc1)C(F)(F)C(F)(F)C(F)(F)C(F)(F)F. The fraction of sp³-hybridized carbons (Fsp3) is 0.135. The summed E-state index contributed by atoms with van der Waals surface area (Å²) in [5.41, 5.74) is 1.02. The second-order valence-corrected chi connectivity index (χ2v) is 17.0. The van der Waals surface area contributed by atoms with Crippen molar-refractivity contribution in [3.63, 3.8) is 0 Å². The van der Waals surface area contributed by atoms with Gasteiger partial charge in [0.25, 0.3) is 0 Å². The highest BCUT2D eigenvalue weighted by Crippen LogP contribution is 2.71. The summed E-state index contributed by atoms with van der Waals surface area (Å²) in [6, 6.07) is 36.7. The van der Waals surface area contributed by atoms with Crippen LogP contribution in [0.1, 0.15) is 5.56 Å². The molecule has 0 heterocycles. The Morgan fingerprint density at radius 1 is 0.519 bits per heavy atom. The van der Waals surface area contributed by atoms with Gasteiger partial charge in [0.2, 0.25) is 0 Å². The average Bonchev–Trinajstić information content (AvgIpc) is 3.12. The van der Waals surface area contributed by atoms with Crippen molar-refractivity contribution in [2.45, 2.75) is 48.6 Å². The Hall–Kier alpha value is -4.18. The Morgan fingerprint density at radius 2 is 0.942 bits per heavy atom. The molecule has 0 spiro atoms. The Labute approximate surface area is 298 Å². The fourth-order valence-corrected chi connectivity index (χ4v) is 11.8. The first-order valence-corrected chi connectivity index (χ1v) is 19.1. The molecule has 0 bridgehead atoms. The normalized spacial score (nSPS) is 13.8. The summed E-state index contributed by atoms with van der Waals surface area (Å²) in [6.07, 6.45) is -7.23. The van der Waals surface area contributed by atoms with E-state index in [1.807, 2.05) is 48.5 Å². The van der Waals surface area contributed by atoms with Crippen molar-refractivity contribution in [2.75, 3.05) is 0 Å². The van der Waals surface area contributed by atoms with Gasteiger partial charge in [-0.25, -0.2) is 3.63 Å². The van der Waals surface area contributed by atoms with Gasteiger partial charge < -0.3 is 0 Å². The molecule has 6 aromatic carbocycles. The zero-order valence-corrected chi connectivity index (χ0v) is 28.8. The molecule has 6 rings (SSSR count). The molecule has 15 heteroatoms. The first-order chi connectivity index (χ1) is 24.4. The number of alkyl halides is 9. The first-order valence-electron chi connectivity index (χ1n) is 15.2. The molecule has 0 unspecified atom stereocenters. The minimum Gasteiger partial charge on any atom is -0.202 e. The average molecular weight is 785 g/mol. The predicted octanol–water partition coefficient (Wildman–Crippen LogP) is 12.3. The van der Waals surface area contributed by atoms with E-state index in [2.05, 4.69) is 6.07 Å². The van der Waals surface area contributed by atoms with Gasteiger partial charge in [-0.1, -0.05) is 84.9 Å². The lowest BCUT2D eigenvalue weighted by Gasteiger charge is -2.41. The zero-order chi connectivity index (χ0) is 37.6. The minimum atomic E-state index is -7.47. The van der Waals surface area contributed by atoms with Crippen molar-refractivity contribution in [1.29, 1.82) is 0 Å². The second kappa shape index (κ2) is 13.7. The number of hydrogen-bond donors (Lipinski definition) is 0. The summed E-state index contributed by atoms with van der Waals surface area (Å²) in [5.74, 6) is -14.5. The quantitative estimate of drug-likeness (QED) is 0.0746. The highest BCUT2D eigenvalue weighted by atomic mass is 32.3. The van der Waals surface area contributed by atoms with Gasteiger partial charge in [-0.15, -0.1) is 11.8 Å². The zero-order valence-electron chi connectivity index (χ0n) is 26.3. The molecule has 0 saturated heterocycles. The van der Waals surface area contributed by atoms with E-state index in [4.69, 9.17) is 3.63 Å². The first kappa shape index (κ1) is 37.6. The van der Waals surface area contributed by atoms with Crippen LogP contribution < -0.4 is 0 Å². The molecule has 0 aliphatic rings. The molecular weight excluding hydrogens is 760 g/mol. The predicted molar refractivity (Wildman–Crippen MR) is 184 cm³/mol. The van der Waals surface area contributed by atoms with Gasteiger partial charge in [-0.3, -0.25) is 0 Å². The monoisotopic (exact) mass is 784 g/mol. The molecule has 0 saturated carbocycles. The summed E-state index contributed by atoms with van der Waals surface area (Å²) < 4.78 is 158. The van der Waals surface area contributed by atoms with Gasteiger partial charge >= 0.3 is 33.4 Å². The maximum absolute atomic E-state index is 15.2. The summed E-state index contributed by atoms with van der Waals surface area (Å²) in [5, 5.41) is -3.01. The Kier molecular flexibility index (Phi) is 9.87. The van der Waals surface area contributed by atoms with Crippen LogP contribution in [0.5, 0.6) is 0 Å². The molecule has 0 aliphatic heterocycles. The molecule has 0 atom stereocenters. The molecule has 0 radical (unpaired) electrons. The number of rotatable bonds is 11. The van der Waals surface area contributed by atoms with Gasteiger partial charge in [0.15, 0.2) is 0 Å². The van der Waals surface area contributed by atoms with Crippen molar-refractivity contribution in [3.05, 3.63) is 145 Å². The molecule has 272 valence electrons. The van der Waals surface area contributed by atoms with Crippen LogP contribution in [0.25, 0.3) is 21.5 Å². The van der Waals surface area contributed by atoms with Crippen LogP contribution in [0.2, 0.25) is 0 Å². The van der Waals surface area contributed by atoms with Gasteiger partial charge in [-0.05, 0) is 92.0 Å². The second-order valence-electron chi connectivity index (χ2n) is 11.4. The third kappa shape index (κ3) is 6.31. The minimum absolute atomic E-state index is 0.157. The molecule has 0 fully saturated rings. The van der Waals surface area contributed by atoms with Gasteiger partial charge in [0.05, 0.1) is 0 Å². The van der Waals surface area contributed by atoms with Gasteiger partial charge in [0, 0.05) is 25.3 Å². The third-order valence-electron chi connectivity index (χ3n) is 8.19. The lowest BCUT2D eigenvalue weighted by molar-refractivity contribution is -0.382. The third-order valence-corrected chi connectivity index (χ3v) is 14.5. The van der Waals surface area contributed by atoms with Crippen molar-refractivity contribution in [2.24, 2.45) is 0 Å². The Morgan fingerprint density at radius 3 is 1.40 bits per heavy atom. The van der Waals surface area contributed by atoms with E-state index in [-0.39, 0.29) is 14.7 Å². The van der Waals surface area contributed by atoms with Crippen molar-refractivity contribution < 1.29 is 51.6 Å². The van der Waals surface area contributed by atoms with Crippen LogP contribution >= 0.6 is 22.1 Å². The molecule has 6 aromatic rings. The molecule has 52 heavy (non-hydrogen) atoms. The van der Waals surface area contributed by atoms with Crippen LogP contribution in [-0.2, 0) is 19.5 Å². The standard InChI is InChI=1S/C37H25F9O3S3/c38-34(39,36(42,43)44)35(40,41)37(45,46)52(47,48)49-51(28-13-3-1-4-14-28,29-15-5-2-6-16-29)30-21-19-27(20-22-30)50-24-33-31-17-9-7-11-25(31)23-26-12-8-10-18-32(26)33/h1-23H,24H2. The Bertz CT molecular complexity index is 2220. The smallest absolute Gasteiger partial charge is 0.202 e. The van der Waals surface area contributed by atoms with Crippen molar-refractivity contribution in [3.8, 4) is 0 Å². The number of fused-ring (bicyclic) bond motifs is 2. The lowest BCUT2D eigenvalue weighted by atomic mass is 9.98. The molecular formula is C37H25F9O3S3. The number of hydrogen-bond acceptors (Lipinski definition) is 4. The summed E-state index contributed by atoms with van der Waals surface area (Å²) >= 11 is 1.38. The molecule has 0 aromatic heterocycles. The summed E-state index contributed by atoms with van der Waals surface area (Å²) in [4.78, 5) is 0.137. The maximum Gasteiger partial charge on any atom is 0.460 e. The highest BCUT2D eigenvalue weighted by molar-refractivity contribution is 8.33. The van der Waals surface area contributed by atoms with Gasteiger partial charge in [-0.2, -0.15) is 47.9 Å². The molecule has 0 aliphatic carbocycles. The van der Waals surface area contributed by atoms with E-state index in [0.717, 1.165) is 27.1 Å². The highest BCUT2D eigenvalue weighted by Gasteiger charge is 2.86. The molecule has 0 amide bonds. The molecule has 3 nitrogen and oxygen atoms in total.